The van der Waals surface area contributed by atoms with Crippen LogP contribution in [0.3, 0.4) is 0 Å². The zero-order chi connectivity index (χ0) is 8.44. The van der Waals surface area contributed by atoms with Gasteiger partial charge >= 0.3 is 0 Å². The van der Waals surface area contributed by atoms with Gasteiger partial charge in [0.05, 0.1) is 0 Å². The van der Waals surface area contributed by atoms with Gasteiger partial charge in [0.1, 0.15) is 0 Å². The van der Waals surface area contributed by atoms with Gasteiger partial charge in [0.15, 0.2) is 0 Å². The first-order valence-corrected chi connectivity index (χ1v) is 4.50. The lowest BCUT2D eigenvalue weighted by atomic mass is 9.83. The van der Waals surface area contributed by atoms with E-state index in [4.69, 9.17) is 0 Å². The highest BCUT2D eigenvalue weighted by Crippen LogP contribution is 2.24. The molecule has 2 aliphatic heterocycles. The molecule has 3 nitrogen and oxygen atoms in total. The fourth-order valence-electron chi connectivity index (χ4n) is 1.98. The maximum absolute atomic E-state index is 11.1. The molecule has 1 amide bonds. The van der Waals surface area contributed by atoms with Gasteiger partial charge in [0.25, 0.3) is 0 Å². The third-order valence-electron chi connectivity index (χ3n) is 2.73. The summed E-state index contributed by atoms with van der Waals surface area (Å²) < 4.78 is 0. The van der Waals surface area contributed by atoms with Crippen molar-refractivity contribution in [1.82, 2.24) is 10.6 Å². The molecule has 74 valence electrons. The maximum Gasteiger partial charge on any atom is 0.244 e. The molecule has 13 heavy (non-hydrogen) atoms. The Balaban J connectivity index is 0.000000845. The van der Waals surface area contributed by atoms with Gasteiger partial charge in [-0.05, 0) is 38.4 Å². The van der Waals surface area contributed by atoms with Crippen molar-refractivity contribution in [2.75, 3.05) is 13.1 Å². The maximum atomic E-state index is 11.1. The first-order valence-electron chi connectivity index (χ1n) is 4.50. The molecule has 1 spiro atoms. The SMILES string of the molecule is Cl.O=C1C=CCC2(CCNCC2)N1. The molecule has 4 heteroatoms. The van der Waals surface area contributed by atoms with Crippen LogP contribution in [0, 0.1) is 0 Å². The zero-order valence-electron chi connectivity index (χ0n) is 7.51. The third-order valence-corrected chi connectivity index (χ3v) is 2.73. The topological polar surface area (TPSA) is 41.1 Å². The van der Waals surface area contributed by atoms with E-state index < -0.39 is 0 Å². The molecule has 2 heterocycles. The molecule has 0 bridgehead atoms. The summed E-state index contributed by atoms with van der Waals surface area (Å²) in [4.78, 5) is 11.1. The Bertz CT molecular complexity index is 222. The van der Waals surface area contributed by atoms with Gasteiger partial charge < -0.3 is 10.6 Å². The monoisotopic (exact) mass is 202 g/mol. The van der Waals surface area contributed by atoms with Gasteiger partial charge in [-0.1, -0.05) is 6.08 Å². The molecule has 2 aliphatic rings. The Kier molecular flexibility index (Phi) is 3.33. The average Bonchev–Trinajstić information content (AvgIpc) is 2.05. The Morgan fingerprint density at radius 2 is 2.00 bits per heavy atom. The van der Waals surface area contributed by atoms with Gasteiger partial charge in [-0.15, -0.1) is 12.4 Å². The summed E-state index contributed by atoms with van der Waals surface area (Å²) in [6.45, 7) is 2.04. The minimum atomic E-state index is 0. The van der Waals surface area contributed by atoms with Crippen LogP contribution in [0.5, 0.6) is 0 Å². The number of amides is 1. The van der Waals surface area contributed by atoms with Crippen molar-refractivity contribution in [3.05, 3.63) is 12.2 Å². The van der Waals surface area contributed by atoms with E-state index in [0.717, 1.165) is 32.4 Å². The van der Waals surface area contributed by atoms with Gasteiger partial charge in [-0.3, -0.25) is 4.79 Å². The zero-order valence-corrected chi connectivity index (χ0v) is 8.32. The first kappa shape index (κ1) is 10.5. The second-order valence-corrected chi connectivity index (χ2v) is 3.63. The summed E-state index contributed by atoms with van der Waals surface area (Å²) >= 11 is 0. The predicted octanol–water partition coefficient (Wildman–Crippen LogP) is 0.606. The van der Waals surface area contributed by atoms with E-state index in [1.807, 2.05) is 6.08 Å². The lowest BCUT2D eigenvalue weighted by Gasteiger charge is -2.39. The lowest BCUT2D eigenvalue weighted by molar-refractivity contribution is -0.119. The molecule has 0 aromatic rings. The summed E-state index contributed by atoms with van der Waals surface area (Å²) in [5.74, 6) is 0.0724. The van der Waals surface area contributed by atoms with Crippen molar-refractivity contribution in [3.8, 4) is 0 Å². The normalized spacial score (nSPS) is 25.1. The molecular weight excluding hydrogens is 188 g/mol. The van der Waals surface area contributed by atoms with Gasteiger partial charge in [-0.2, -0.15) is 0 Å². The molecule has 0 aromatic carbocycles. The highest BCUT2D eigenvalue weighted by Gasteiger charge is 2.33. The van der Waals surface area contributed by atoms with E-state index in [1.165, 1.54) is 0 Å². The fourth-order valence-corrected chi connectivity index (χ4v) is 1.98. The van der Waals surface area contributed by atoms with Crippen molar-refractivity contribution < 1.29 is 4.79 Å². The molecule has 0 aromatic heterocycles. The number of hydrogen-bond donors (Lipinski definition) is 2. The molecule has 2 rings (SSSR count). The van der Waals surface area contributed by atoms with Crippen LogP contribution >= 0.6 is 12.4 Å². The van der Waals surface area contributed by atoms with E-state index >= 15 is 0 Å². The van der Waals surface area contributed by atoms with Crippen molar-refractivity contribution in [2.24, 2.45) is 0 Å². The smallest absolute Gasteiger partial charge is 0.244 e. The van der Waals surface area contributed by atoms with Crippen LogP contribution in [0.25, 0.3) is 0 Å². The Morgan fingerprint density at radius 3 is 2.62 bits per heavy atom. The van der Waals surface area contributed by atoms with Gasteiger partial charge in [-0.25, -0.2) is 0 Å². The third kappa shape index (κ3) is 2.23. The number of carbonyl (C=O) groups is 1. The minimum absolute atomic E-state index is 0. The number of piperidine rings is 1. The molecule has 0 aliphatic carbocycles. The largest absolute Gasteiger partial charge is 0.347 e. The van der Waals surface area contributed by atoms with Crippen molar-refractivity contribution in [1.29, 1.82) is 0 Å². The number of rotatable bonds is 0. The summed E-state index contributed by atoms with van der Waals surface area (Å²) in [7, 11) is 0. The summed E-state index contributed by atoms with van der Waals surface area (Å²) in [5.41, 5.74) is 0.0804. The van der Waals surface area contributed by atoms with Crippen LogP contribution in [0.15, 0.2) is 12.2 Å². The molecule has 2 N–H and O–H groups in total. The van der Waals surface area contributed by atoms with Crippen LogP contribution in [0.2, 0.25) is 0 Å². The number of carbonyl (C=O) groups excluding carboxylic acids is 1. The van der Waals surface area contributed by atoms with E-state index in [2.05, 4.69) is 10.6 Å². The Morgan fingerprint density at radius 1 is 1.31 bits per heavy atom. The number of hydrogen-bond acceptors (Lipinski definition) is 2. The van der Waals surface area contributed by atoms with Gasteiger partial charge in [0.2, 0.25) is 5.91 Å². The molecular formula is C9H15ClN2O. The van der Waals surface area contributed by atoms with Crippen molar-refractivity contribution in [2.45, 2.75) is 24.8 Å². The Labute approximate surface area is 84.4 Å². The van der Waals surface area contributed by atoms with Crippen molar-refractivity contribution in [3.63, 3.8) is 0 Å². The quantitative estimate of drug-likeness (QED) is 0.604. The minimum Gasteiger partial charge on any atom is -0.347 e. The molecule has 0 saturated carbocycles. The summed E-state index contributed by atoms with van der Waals surface area (Å²) in [6.07, 6.45) is 6.74. The summed E-state index contributed by atoms with van der Waals surface area (Å²) in [5, 5.41) is 6.36. The first-order chi connectivity index (χ1) is 5.81. The lowest BCUT2D eigenvalue weighted by Crippen LogP contribution is -2.55. The number of nitrogens with one attached hydrogen (secondary N) is 2. The van der Waals surface area contributed by atoms with E-state index in [0.29, 0.717) is 0 Å². The molecule has 1 saturated heterocycles. The van der Waals surface area contributed by atoms with Crippen LogP contribution in [-0.4, -0.2) is 24.5 Å². The second-order valence-electron chi connectivity index (χ2n) is 3.63. The molecule has 1 fully saturated rings. The van der Waals surface area contributed by atoms with Crippen LogP contribution in [0.1, 0.15) is 19.3 Å². The van der Waals surface area contributed by atoms with E-state index in [-0.39, 0.29) is 23.9 Å². The van der Waals surface area contributed by atoms with Crippen LogP contribution in [-0.2, 0) is 4.79 Å². The van der Waals surface area contributed by atoms with Gasteiger partial charge in [0, 0.05) is 5.54 Å². The van der Waals surface area contributed by atoms with E-state index in [1.54, 1.807) is 6.08 Å². The highest BCUT2D eigenvalue weighted by atomic mass is 35.5. The van der Waals surface area contributed by atoms with Crippen LogP contribution < -0.4 is 10.6 Å². The van der Waals surface area contributed by atoms with E-state index in [9.17, 15) is 4.79 Å². The molecule has 0 unspecified atom stereocenters. The Hall–Kier alpha value is -0.540. The molecule has 0 radical (unpaired) electrons. The van der Waals surface area contributed by atoms with Crippen LogP contribution in [0.4, 0.5) is 0 Å². The predicted molar refractivity (Wildman–Crippen MR) is 54.0 cm³/mol. The fraction of sp³-hybridized carbons (Fsp3) is 0.667. The standard InChI is InChI=1S/C9H14N2O.ClH/c12-8-2-1-3-9(11-8)4-6-10-7-5-9;/h1-2,10H,3-7H2,(H,11,12);1H. The highest BCUT2D eigenvalue weighted by molar-refractivity contribution is 5.89. The second kappa shape index (κ2) is 4.11. The summed E-state index contributed by atoms with van der Waals surface area (Å²) in [6, 6.07) is 0. The molecule has 0 atom stereocenters. The average molecular weight is 203 g/mol. The van der Waals surface area contributed by atoms with Crippen molar-refractivity contribution >= 4 is 18.3 Å². The number of halogens is 1.